The van der Waals surface area contributed by atoms with E-state index in [0.717, 1.165) is 6.07 Å². The van der Waals surface area contributed by atoms with Crippen LogP contribution in [0, 0.1) is 11.7 Å². The molecule has 0 aromatic heterocycles. The standard InChI is InChI=1S/C12H13FO4S/c1-17-11-3-2-9(13)6-10(11)12(14)8-4-5-18(15,16)7-8/h2-3,6,8H,4-5,7H2,1H3. The second kappa shape index (κ2) is 4.68. The zero-order valence-electron chi connectivity index (χ0n) is 9.85. The topological polar surface area (TPSA) is 60.4 Å². The number of Topliss-reactive ketones (excluding diaryl/α,β-unsaturated/α-hetero) is 1. The predicted octanol–water partition coefficient (Wildman–Crippen LogP) is 1.45. The third kappa shape index (κ3) is 2.53. The van der Waals surface area contributed by atoms with E-state index in [9.17, 15) is 17.6 Å². The van der Waals surface area contributed by atoms with Gasteiger partial charge < -0.3 is 4.74 Å². The number of sulfone groups is 1. The summed E-state index contributed by atoms with van der Waals surface area (Å²) < 4.78 is 40.8. The highest BCUT2D eigenvalue weighted by molar-refractivity contribution is 7.91. The maximum absolute atomic E-state index is 13.2. The summed E-state index contributed by atoms with van der Waals surface area (Å²) in [7, 11) is -1.75. The number of halogens is 1. The molecule has 1 unspecified atom stereocenters. The van der Waals surface area contributed by atoms with E-state index in [-0.39, 0.29) is 28.6 Å². The van der Waals surface area contributed by atoms with Crippen LogP contribution in [0.3, 0.4) is 0 Å². The molecule has 1 atom stereocenters. The highest BCUT2D eigenvalue weighted by Crippen LogP contribution is 2.27. The number of ketones is 1. The zero-order valence-corrected chi connectivity index (χ0v) is 10.7. The van der Waals surface area contributed by atoms with Crippen LogP contribution in [0.1, 0.15) is 16.8 Å². The van der Waals surface area contributed by atoms with Gasteiger partial charge in [0.1, 0.15) is 11.6 Å². The first-order valence-corrected chi connectivity index (χ1v) is 7.33. The highest BCUT2D eigenvalue weighted by Gasteiger charge is 2.34. The number of hydrogen-bond acceptors (Lipinski definition) is 4. The molecule has 1 saturated heterocycles. The monoisotopic (exact) mass is 272 g/mol. The summed E-state index contributed by atoms with van der Waals surface area (Å²) in [4.78, 5) is 12.2. The minimum absolute atomic E-state index is 0.0149. The van der Waals surface area contributed by atoms with E-state index < -0.39 is 21.6 Å². The first-order valence-electron chi connectivity index (χ1n) is 5.51. The van der Waals surface area contributed by atoms with Crippen LogP contribution in [-0.4, -0.2) is 32.8 Å². The van der Waals surface area contributed by atoms with Gasteiger partial charge in [-0.2, -0.15) is 0 Å². The Morgan fingerprint density at radius 2 is 2.17 bits per heavy atom. The molecule has 0 spiro atoms. The van der Waals surface area contributed by atoms with Crippen LogP contribution in [-0.2, 0) is 9.84 Å². The van der Waals surface area contributed by atoms with Gasteiger partial charge in [-0.15, -0.1) is 0 Å². The van der Waals surface area contributed by atoms with Gasteiger partial charge in [-0.1, -0.05) is 0 Å². The molecular weight excluding hydrogens is 259 g/mol. The van der Waals surface area contributed by atoms with Crippen molar-refractivity contribution in [1.29, 1.82) is 0 Å². The average Bonchev–Trinajstić information content (AvgIpc) is 2.68. The molecule has 4 nitrogen and oxygen atoms in total. The van der Waals surface area contributed by atoms with Crippen molar-refractivity contribution in [2.45, 2.75) is 6.42 Å². The summed E-state index contributed by atoms with van der Waals surface area (Å²) >= 11 is 0. The van der Waals surface area contributed by atoms with E-state index >= 15 is 0 Å². The van der Waals surface area contributed by atoms with E-state index in [4.69, 9.17) is 4.74 Å². The van der Waals surface area contributed by atoms with Crippen molar-refractivity contribution in [2.24, 2.45) is 5.92 Å². The average molecular weight is 272 g/mol. The summed E-state index contributed by atoms with van der Waals surface area (Å²) in [5.41, 5.74) is 0.111. The molecule has 1 heterocycles. The van der Waals surface area contributed by atoms with Gasteiger partial charge in [0.15, 0.2) is 15.6 Å². The molecule has 0 aliphatic carbocycles. The number of hydrogen-bond donors (Lipinski definition) is 0. The number of carbonyl (C=O) groups is 1. The lowest BCUT2D eigenvalue weighted by molar-refractivity contribution is 0.0929. The molecule has 0 bridgehead atoms. The molecule has 6 heteroatoms. The quantitative estimate of drug-likeness (QED) is 0.781. The predicted molar refractivity (Wildman–Crippen MR) is 64.0 cm³/mol. The lowest BCUT2D eigenvalue weighted by Crippen LogP contribution is -2.17. The Kier molecular flexibility index (Phi) is 3.38. The van der Waals surface area contributed by atoms with Crippen molar-refractivity contribution in [3.63, 3.8) is 0 Å². The van der Waals surface area contributed by atoms with Crippen LogP contribution in [0.5, 0.6) is 5.75 Å². The largest absolute Gasteiger partial charge is 0.496 e. The third-order valence-corrected chi connectivity index (χ3v) is 4.80. The van der Waals surface area contributed by atoms with Crippen molar-refractivity contribution < 1.29 is 22.3 Å². The Hall–Kier alpha value is -1.43. The Bertz CT molecular complexity index is 580. The molecule has 0 saturated carbocycles. The van der Waals surface area contributed by atoms with Crippen LogP contribution in [0.15, 0.2) is 18.2 Å². The molecule has 18 heavy (non-hydrogen) atoms. The lowest BCUT2D eigenvalue weighted by Gasteiger charge is -2.11. The molecule has 1 fully saturated rings. The van der Waals surface area contributed by atoms with Crippen LogP contribution in [0.4, 0.5) is 4.39 Å². The first-order chi connectivity index (χ1) is 8.43. The molecular formula is C12H13FO4S. The van der Waals surface area contributed by atoms with Crippen molar-refractivity contribution in [3.05, 3.63) is 29.6 Å². The summed E-state index contributed by atoms with van der Waals surface area (Å²) in [6.45, 7) is 0. The fourth-order valence-corrected chi connectivity index (χ4v) is 3.84. The smallest absolute Gasteiger partial charge is 0.170 e. The van der Waals surface area contributed by atoms with Gasteiger partial charge in [-0.25, -0.2) is 12.8 Å². The Morgan fingerprint density at radius 3 is 2.72 bits per heavy atom. The van der Waals surface area contributed by atoms with Crippen LogP contribution in [0.2, 0.25) is 0 Å². The normalized spacial score (nSPS) is 21.8. The summed E-state index contributed by atoms with van der Waals surface area (Å²) in [6, 6.07) is 3.65. The molecule has 2 rings (SSSR count). The Labute approximate surface area is 105 Å². The summed E-state index contributed by atoms with van der Waals surface area (Å²) in [5, 5.41) is 0. The Morgan fingerprint density at radius 1 is 1.44 bits per heavy atom. The van der Waals surface area contributed by atoms with Gasteiger partial charge in [-0.3, -0.25) is 4.79 Å². The van der Waals surface area contributed by atoms with Gasteiger partial charge in [0, 0.05) is 5.92 Å². The maximum Gasteiger partial charge on any atom is 0.170 e. The fraction of sp³-hybridized carbons (Fsp3) is 0.417. The molecule has 1 aromatic carbocycles. The summed E-state index contributed by atoms with van der Waals surface area (Å²) in [5.74, 6) is -1.38. The van der Waals surface area contributed by atoms with Gasteiger partial charge in [0.05, 0.1) is 24.2 Å². The van der Waals surface area contributed by atoms with Crippen LogP contribution < -0.4 is 4.74 Å². The van der Waals surface area contributed by atoms with Gasteiger partial charge >= 0.3 is 0 Å². The van der Waals surface area contributed by atoms with Crippen molar-refractivity contribution in [2.75, 3.05) is 18.6 Å². The van der Waals surface area contributed by atoms with Crippen molar-refractivity contribution in [1.82, 2.24) is 0 Å². The van der Waals surface area contributed by atoms with Gasteiger partial charge in [0.2, 0.25) is 0 Å². The van der Waals surface area contributed by atoms with Crippen molar-refractivity contribution in [3.8, 4) is 5.75 Å². The fourth-order valence-electron chi connectivity index (χ4n) is 2.09. The number of carbonyl (C=O) groups excluding carboxylic acids is 1. The molecule has 0 amide bonds. The van der Waals surface area contributed by atoms with E-state index in [1.54, 1.807) is 0 Å². The van der Waals surface area contributed by atoms with E-state index in [1.807, 2.05) is 0 Å². The second-order valence-electron chi connectivity index (χ2n) is 4.31. The maximum atomic E-state index is 13.2. The molecule has 1 aliphatic rings. The van der Waals surface area contributed by atoms with Gasteiger partial charge in [-0.05, 0) is 24.6 Å². The zero-order chi connectivity index (χ0) is 13.3. The van der Waals surface area contributed by atoms with Crippen molar-refractivity contribution >= 4 is 15.6 Å². The van der Waals surface area contributed by atoms with Gasteiger partial charge in [0.25, 0.3) is 0 Å². The third-order valence-electron chi connectivity index (χ3n) is 3.03. The molecule has 0 radical (unpaired) electrons. The number of ether oxygens (including phenoxy) is 1. The minimum Gasteiger partial charge on any atom is -0.496 e. The van der Waals surface area contributed by atoms with E-state index in [1.165, 1.54) is 19.2 Å². The van der Waals surface area contributed by atoms with Crippen LogP contribution in [0.25, 0.3) is 0 Å². The molecule has 0 N–H and O–H groups in total. The number of rotatable bonds is 3. The van der Waals surface area contributed by atoms with Crippen LogP contribution >= 0.6 is 0 Å². The van der Waals surface area contributed by atoms with E-state index in [0.29, 0.717) is 6.42 Å². The minimum atomic E-state index is -3.13. The summed E-state index contributed by atoms with van der Waals surface area (Å²) in [6.07, 6.45) is 0.292. The molecule has 98 valence electrons. The first kappa shape index (κ1) is 13.0. The number of methoxy groups -OCH3 is 1. The SMILES string of the molecule is COc1ccc(F)cc1C(=O)C1CCS(=O)(=O)C1. The number of benzene rings is 1. The molecule has 1 aliphatic heterocycles. The second-order valence-corrected chi connectivity index (χ2v) is 6.54. The lowest BCUT2D eigenvalue weighted by atomic mass is 9.96. The molecule has 1 aromatic rings. The Balaban J connectivity index is 2.32. The highest BCUT2D eigenvalue weighted by atomic mass is 32.2. The van der Waals surface area contributed by atoms with E-state index in [2.05, 4.69) is 0 Å².